The zero-order valence-electron chi connectivity index (χ0n) is 4.29. The molecule has 0 spiro atoms. The van der Waals surface area contributed by atoms with Crippen molar-refractivity contribution in [3.05, 3.63) is 23.0 Å². The molecule has 0 atom stereocenters. The largest absolute Gasteiger partial charge is 0.288 e. The molecule has 0 fully saturated rings. The van der Waals surface area contributed by atoms with E-state index in [1.807, 2.05) is 29.2 Å². The maximum Gasteiger partial charge on any atom is -0.0156 e. The summed E-state index contributed by atoms with van der Waals surface area (Å²) in [5.74, 6) is 0. The molecule has 0 unspecified atom stereocenters. The second-order valence-corrected chi connectivity index (χ2v) is 4.55. The zero-order chi connectivity index (χ0) is 5.33. The summed E-state index contributed by atoms with van der Waals surface area (Å²) in [6, 6.07) is 0. The number of hydrogen-bond acceptors (Lipinski definition) is 1. The average Bonchev–Trinajstić information content (AvgIpc) is 1.84. The minimum atomic E-state index is -0.907. The van der Waals surface area contributed by atoms with E-state index < -0.39 is 10.2 Å². The first kappa shape index (κ1) is 4.94. The Morgan fingerprint density at radius 2 is 1.71 bits per heavy atom. The van der Waals surface area contributed by atoms with Crippen molar-refractivity contribution in [3.63, 3.8) is 0 Å². The number of rotatable bonds is 0. The summed E-state index contributed by atoms with van der Waals surface area (Å²) in [5, 5.41) is 9.78. The van der Waals surface area contributed by atoms with Crippen LogP contribution in [0.25, 0.3) is 0 Å². The Balaban J connectivity index is 2.77. The third-order valence-electron chi connectivity index (χ3n) is 0.855. The van der Waals surface area contributed by atoms with Crippen molar-refractivity contribution >= 4 is 10.2 Å². The molecule has 0 aromatic heterocycles. The summed E-state index contributed by atoms with van der Waals surface area (Å²) < 4.78 is 0. The van der Waals surface area contributed by atoms with Gasteiger partial charge in [0.15, 0.2) is 0 Å². The summed E-state index contributed by atoms with van der Waals surface area (Å²) in [4.78, 5) is 0. The van der Waals surface area contributed by atoms with Gasteiger partial charge in [0.2, 0.25) is 0 Å². The molecule has 0 aromatic rings. The molecular weight excluding hydrogens is 106 g/mol. The van der Waals surface area contributed by atoms with Crippen molar-refractivity contribution < 1.29 is 0 Å². The van der Waals surface area contributed by atoms with Gasteiger partial charge in [-0.15, -0.1) is 0 Å². The number of allylic oxidation sites excluding steroid dienone is 2. The van der Waals surface area contributed by atoms with Crippen molar-refractivity contribution in [3.8, 4) is 0 Å². The quantitative estimate of drug-likeness (QED) is 0.506. The van der Waals surface area contributed by atoms with E-state index in [9.17, 15) is 0 Å². The van der Waals surface area contributed by atoms with Crippen LogP contribution >= 0.6 is 10.2 Å². The van der Waals surface area contributed by atoms with Gasteiger partial charge in [-0.3, -0.25) is 5.14 Å². The molecule has 0 aliphatic carbocycles. The normalized spacial score (nSPS) is 28.3. The Bertz CT molecular complexity index is 110. The van der Waals surface area contributed by atoms with Gasteiger partial charge >= 0.3 is 0 Å². The first-order valence-electron chi connectivity index (χ1n) is 2.12. The highest BCUT2D eigenvalue weighted by Crippen LogP contribution is 2.41. The highest BCUT2D eigenvalue weighted by atomic mass is 32.3. The van der Waals surface area contributed by atoms with Gasteiger partial charge in [0.1, 0.15) is 0 Å². The van der Waals surface area contributed by atoms with E-state index in [-0.39, 0.29) is 0 Å². The van der Waals surface area contributed by atoms with E-state index in [2.05, 4.69) is 0 Å². The van der Waals surface area contributed by atoms with Crippen molar-refractivity contribution in [2.45, 2.75) is 0 Å². The van der Waals surface area contributed by atoms with E-state index in [0.717, 1.165) is 0 Å². The lowest BCUT2D eigenvalue weighted by Gasteiger charge is -2.16. The predicted molar refractivity (Wildman–Crippen MR) is 36.0 cm³/mol. The molecular formula is C5H9NS. The van der Waals surface area contributed by atoms with Crippen LogP contribution in [0, 0.1) is 0 Å². The van der Waals surface area contributed by atoms with Crippen LogP contribution in [0.5, 0.6) is 0 Å². The van der Waals surface area contributed by atoms with Gasteiger partial charge in [-0.2, -0.15) is 10.2 Å². The van der Waals surface area contributed by atoms with Gasteiger partial charge in [0.25, 0.3) is 0 Å². The fourth-order valence-corrected chi connectivity index (χ4v) is 1.42. The summed E-state index contributed by atoms with van der Waals surface area (Å²) in [5.41, 5.74) is 0. The fraction of sp³-hybridized carbons (Fsp3) is 0.200. The van der Waals surface area contributed by atoms with Crippen LogP contribution < -0.4 is 5.14 Å². The lowest BCUT2D eigenvalue weighted by molar-refractivity contribution is 1.93. The average molecular weight is 115 g/mol. The van der Waals surface area contributed by atoms with E-state index >= 15 is 0 Å². The Morgan fingerprint density at radius 1 is 1.29 bits per heavy atom. The smallest absolute Gasteiger partial charge is 0.0156 e. The van der Waals surface area contributed by atoms with Crippen molar-refractivity contribution in [1.29, 1.82) is 0 Å². The molecule has 2 heteroatoms. The predicted octanol–water partition coefficient (Wildman–Crippen LogP) is 1.34. The molecule has 40 valence electrons. The van der Waals surface area contributed by atoms with Crippen LogP contribution in [-0.4, -0.2) is 6.26 Å². The Hall–Kier alpha value is -0.210. The third kappa shape index (κ3) is 1.08. The van der Waals surface area contributed by atoms with Crippen molar-refractivity contribution in [2.75, 3.05) is 6.26 Å². The standard InChI is InChI=1S/C5H9NS/c1-7(6)4-2-3-5-7/h2-5H,6H2,1H3. The van der Waals surface area contributed by atoms with Crippen LogP contribution in [0.2, 0.25) is 0 Å². The molecule has 0 saturated carbocycles. The molecule has 2 N–H and O–H groups in total. The number of hydrogen-bond donors (Lipinski definition) is 1. The fourth-order valence-electron chi connectivity index (χ4n) is 0.475. The molecule has 0 amide bonds. The molecule has 1 rings (SSSR count). The van der Waals surface area contributed by atoms with Gasteiger partial charge < -0.3 is 0 Å². The highest BCUT2D eigenvalue weighted by Gasteiger charge is 2.03. The lowest BCUT2D eigenvalue weighted by Crippen LogP contribution is -1.97. The van der Waals surface area contributed by atoms with Crippen molar-refractivity contribution in [1.82, 2.24) is 0 Å². The Labute approximate surface area is 45.3 Å². The SMILES string of the molecule is CS1(N)C=CC=C1. The molecule has 1 aliphatic heterocycles. The van der Waals surface area contributed by atoms with E-state index in [1.165, 1.54) is 0 Å². The number of nitrogens with two attached hydrogens (primary N) is 1. The molecule has 0 radical (unpaired) electrons. The van der Waals surface area contributed by atoms with Gasteiger partial charge in [-0.05, 0) is 17.1 Å². The first-order valence-corrected chi connectivity index (χ1v) is 4.35. The summed E-state index contributed by atoms with van der Waals surface area (Å²) in [6.07, 6.45) is 6.04. The molecule has 7 heavy (non-hydrogen) atoms. The second-order valence-electron chi connectivity index (χ2n) is 1.77. The van der Waals surface area contributed by atoms with Crippen LogP contribution in [0.3, 0.4) is 0 Å². The molecule has 0 saturated heterocycles. The molecule has 1 nitrogen and oxygen atoms in total. The summed E-state index contributed by atoms with van der Waals surface area (Å²) in [6.45, 7) is 0. The summed E-state index contributed by atoms with van der Waals surface area (Å²) in [7, 11) is -0.907. The molecule has 0 aromatic carbocycles. The first-order chi connectivity index (χ1) is 3.21. The third-order valence-corrected chi connectivity index (χ3v) is 2.34. The lowest BCUT2D eigenvalue weighted by atomic mass is 10.6. The minimum absolute atomic E-state index is 0.907. The topological polar surface area (TPSA) is 26.0 Å². The second kappa shape index (κ2) is 1.39. The van der Waals surface area contributed by atoms with Crippen LogP contribution in [0.4, 0.5) is 0 Å². The van der Waals surface area contributed by atoms with E-state index in [1.54, 1.807) is 0 Å². The molecule has 0 bridgehead atoms. The maximum absolute atomic E-state index is 5.69. The van der Waals surface area contributed by atoms with Gasteiger partial charge in [0, 0.05) is 0 Å². The van der Waals surface area contributed by atoms with E-state index in [4.69, 9.17) is 5.14 Å². The molecule has 1 aliphatic rings. The van der Waals surface area contributed by atoms with Crippen LogP contribution in [0.15, 0.2) is 23.0 Å². The van der Waals surface area contributed by atoms with Gasteiger partial charge in [-0.1, -0.05) is 12.2 Å². The Kier molecular flexibility index (Phi) is 0.978. The zero-order valence-corrected chi connectivity index (χ0v) is 5.11. The monoisotopic (exact) mass is 115 g/mol. The van der Waals surface area contributed by atoms with E-state index in [0.29, 0.717) is 0 Å². The van der Waals surface area contributed by atoms with Gasteiger partial charge in [-0.25, -0.2) is 0 Å². The maximum atomic E-state index is 5.69. The van der Waals surface area contributed by atoms with Crippen LogP contribution in [0.1, 0.15) is 0 Å². The highest BCUT2D eigenvalue weighted by molar-refractivity contribution is 8.36. The van der Waals surface area contributed by atoms with Crippen LogP contribution in [-0.2, 0) is 0 Å². The minimum Gasteiger partial charge on any atom is -0.288 e. The molecule has 1 heterocycles. The summed E-state index contributed by atoms with van der Waals surface area (Å²) >= 11 is 0. The Morgan fingerprint density at radius 3 is 1.86 bits per heavy atom. The van der Waals surface area contributed by atoms with Crippen molar-refractivity contribution in [2.24, 2.45) is 5.14 Å². The van der Waals surface area contributed by atoms with Gasteiger partial charge in [0.05, 0.1) is 0 Å².